The highest BCUT2D eigenvalue weighted by Gasteiger charge is 2.30. The molecule has 2 heterocycles. The molecule has 0 aliphatic carbocycles. The van der Waals surface area contributed by atoms with Gasteiger partial charge < -0.3 is 5.32 Å². The number of carbonyl (C=O) groups is 1. The molecule has 0 saturated carbocycles. The Morgan fingerprint density at radius 1 is 1.35 bits per heavy atom. The summed E-state index contributed by atoms with van der Waals surface area (Å²) in [4.78, 5) is 19.9. The van der Waals surface area contributed by atoms with E-state index >= 15 is 0 Å². The highest BCUT2D eigenvalue weighted by atomic mass is 35.6. The molecular weight excluding hydrogens is 323 g/mol. The molecule has 0 saturated heterocycles. The maximum Gasteiger partial charge on any atom is 0.301 e. The van der Waals surface area contributed by atoms with Crippen molar-refractivity contribution in [1.82, 2.24) is 9.55 Å². The third-order valence-corrected chi connectivity index (χ3v) is 3.45. The van der Waals surface area contributed by atoms with Gasteiger partial charge in [0.25, 0.3) is 3.79 Å². The van der Waals surface area contributed by atoms with Crippen molar-refractivity contribution in [3.63, 3.8) is 0 Å². The van der Waals surface area contributed by atoms with Crippen molar-refractivity contribution in [2.75, 3.05) is 11.9 Å². The molecule has 1 aliphatic rings. The summed E-state index contributed by atoms with van der Waals surface area (Å²) in [7, 11) is 0. The summed E-state index contributed by atoms with van der Waals surface area (Å²) in [6, 6.07) is 7.58. The number of amides is 1. The van der Waals surface area contributed by atoms with Gasteiger partial charge in [-0.2, -0.15) is 4.99 Å². The Balaban J connectivity index is 2.27. The molecule has 3 rings (SSSR count). The number of alkyl halides is 3. The number of hydrogen-bond donors (Lipinski definition) is 1. The van der Waals surface area contributed by atoms with Gasteiger partial charge >= 0.3 is 5.91 Å². The van der Waals surface area contributed by atoms with Crippen molar-refractivity contribution < 1.29 is 4.79 Å². The van der Waals surface area contributed by atoms with Crippen LogP contribution in [0.25, 0.3) is 10.9 Å². The van der Waals surface area contributed by atoms with Gasteiger partial charge in [-0.25, -0.2) is 4.98 Å². The van der Waals surface area contributed by atoms with E-state index < -0.39 is 9.70 Å². The molecular formula is C12H9Cl3N4O. The summed E-state index contributed by atoms with van der Waals surface area (Å²) in [6.45, 7) is 1.39. The van der Waals surface area contributed by atoms with Crippen LogP contribution in [0.5, 0.6) is 0 Å². The average molecular weight is 332 g/mol. The third kappa shape index (κ3) is 2.37. The fourth-order valence-electron chi connectivity index (χ4n) is 2.11. The van der Waals surface area contributed by atoms with E-state index in [4.69, 9.17) is 34.8 Å². The van der Waals surface area contributed by atoms with Crippen LogP contribution in [-0.4, -0.2) is 25.8 Å². The number of aromatic nitrogens is 2. The van der Waals surface area contributed by atoms with E-state index in [1.165, 1.54) is 0 Å². The van der Waals surface area contributed by atoms with Gasteiger partial charge in [0.1, 0.15) is 5.82 Å². The minimum absolute atomic E-state index is 0.236. The lowest BCUT2D eigenvalue weighted by Crippen LogP contribution is -2.28. The van der Waals surface area contributed by atoms with Gasteiger partial charge in [0.05, 0.1) is 5.52 Å². The van der Waals surface area contributed by atoms with Gasteiger partial charge in [-0.3, -0.25) is 9.36 Å². The monoisotopic (exact) mass is 330 g/mol. The van der Waals surface area contributed by atoms with Crippen LogP contribution in [0.15, 0.2) is 29.3 Å². The summed E-state index contributed by atoms with van der Waals surface area (Å²) in [5.74, 6) is 0.0124. The predicted molar refractivity (Wildman–Crippen MR) is 79.1 cm³/mol. The summed E-state index contributed by atoms with van der Waals surface area (Å²) >= 11 is 16.6. The number of rotatable bonds is 0. The fraction of sp³-hybridized carbons (Fsp3) is 0.250. The van der Waals surface area contributed by atoms with Crippen molar-refractivity contribution in [2.24, 2.45) is 4.99 Å². The van der Waals surface area contributed by atoms with Crippen molar-refractivity contribution in [1.29, 1.82) is 0 Å². The normalized spacial score (nSPS) is 15.2. The summed E-state index contributed by atoms with van der Waals surface area (Å²) < 4.78 is -0.274. The topological polar surface area (TPSA) is 59.3 Å². The Kier molecular flexibility index (Phi) is 3.36. The number of halogens is 3. The molecule has 0 radical (unpaired) electrons. The zero-order chi connectivity index (χ0) is 14.3. The average Bonchev–Trinajstić information content (AvgIpc) is 2.87. The van der Waals surface area contributed by atoms with Crippen LogP contribution in [0.2, 0.25) is 0 Å². The fourth-order valence-corrected chi connectivity index (χ4v) is 2.24. The Labute approximate surface area is 129 Å². The molecule has 2 aromatic rings. The number of hydrogen-bond acceptors (Lipinski definition) is 3. The number of nitrogens with one attached hydrogen (secondary N) is 1. The van der Waals surface area contributed by atoms with E-state index in [1.807, 2.05) is 24.3 Å². The standard InChI is InChI=1S/C12H9Cl3N4O/c13-12(14,15)10(20)18-11-17-8-4-2-1-3-7(8)9-16-5-6-19(9)11/h1-4,16H,5-6H2. The van der Waals surface area contributed by atoms with Crippen molar-refractivity contribution in [2.45, 2.75) is 10.3 Å². The van der Waals surface area contributed by atoms with Crippen LogP contribution in [-0.2, 0) is 11.3 Å². The summed E-state index contributed by atoms with van der Waals surface area (Å²) in [6.07, 6.45) is 0. The molecule has 20 heavy (non-hydrogen) atoms. The lowest BCUT2D eigenvalue weighted by molar-refractivity contribution is -0.117. The molecule has 5 nitrogen and oxygen atoms in total. The zero-order valence-electron chi connectivity index (χ0n) is 10.1. The van der Waals surface area contributed by atoms with Gasteiger partial charge in [0.15, 0.2) is 0 Å². The van der Waals surface area contributed by atoms with Crippen LogP contribution in [0.4, 0.5) is 5.82 Å². The molecule has 1 aliphatic heterocycles. The molecule has 0 unspecified atom stereocenters. The first-order valence-electron chi connectivity index (χ1n) is 5.86. The second kappa shape index (κ2) is 4.91. The predicted octanol–water partition coefficient (Wildman–Crippen LogP) is 2.26. The molecule has 0 fully saturated rings. The van der Waals surface area contributed by atoms with E-state index in [0.717, 1.165) is 23.3 Å². The molecule has 0 atom stereocenters. The van der Waals surface area contributed by atoms with Gasteiger partial charge in [0, 0.05) is 18.5 Å². The van der Waals surface area contributed by atoms with Gasteiger partial charge in [0.2, 0.25) is 5.62 Å². The van der Waals surface area contributed by atoms with Crippen LogP contribution in [0, 0.1) is 0 Å². The zero-order valence-corrected chi connectivity index (χ0v) is 12.4. The molecule has 8 heteroatoms. The molecule has 0 bridgehead atoms. The van der Waals surface area contributed by atoms with Crippen LogP contribution in [0.1, 0.15) is 0 Å². The van der Waals surface area contributed by atoms with Crippen LogP contribution < -0.4 is 10.9 Å². The van der Waals surface area contributed by atoms with E-state index in [2.05, 4.69) is 15.3 Å². The first-order valence-corrected chi connectivity index (χ1v) is 6.99. The number of nitrogens with zero attached hydrogens (tertiary/aromatic N) is 3. The Hall–Kier alpha value is -1.30. The Morgan fingerprint density at radius 3 is 2.85 bits per heavy atom. The van der Waals surface area contributed by atoms with Crippen molar-refractivity contribution in [3.05, 3.63) is 29.9 Å². The maximum atomic E-state index is 11.7. The number of carbonyl (C=O) groups excluding carboxylic acids is 1. The minimum atomic E-state index is -2.08. The second-order valence-electron chi connectivity index (χ2n) is 4.27. The summed E-state index contributed by atoms with van der Waals surface area (Å²) in [5.41, 5.74) is 0.962. The van der Waals surface area contributed by atoms with Crippen molar-refractivity contribution >= 4 is 57.4 Å². The first-order chi connectivity index (χ1) is 9.47. The second-order valence-corrected chi connectivity index (χ2v) is 6.55. The molecule has 1 aromatic carbocycles. The van der Waals surface area contributed by atoms with Crippen molar-refractivity contribution in [3.8, 4) is 0 Å². The van der Waals surface area contributed by atoms with E-state index in [0.29, 0.717) is 6.54 Å². The Morgan fingerprint density at radius 2 is 2.10 bits per heavy atom. The largest absolute Gasteiger partial charge is 0.369 e. The maximum absolute atomic E-state index is 11.7. The lowest BCUT2D eigenvalue weighted by atomic mass is 10.2. The Bertz CT molecular complexity index is 763. The van der Waals surface area contributed by atoms with Gasteiger partial charge in [-0.1, -0.05) is 46.9 Å². The number of benzene rings is 1. The van der Waals surface area contributed by atoms with E-state index in [1.54, 1.807) is 4.57 Å². The smallest absolute Gasteiger partial charge is 0.301 e. The number of fused-ring (bicyclic) bond motifs is 3. The van der Waals surface area contributed by atoms with E-state index in [9.17, 15) is 4.79 Å². The SMILES string of the molecule is O=C(N=c1nc2ccccc2c2n1CCN2)C(Cl)(Cl)Cl. The number of anilines is 1. The van der Waals surface area contributed by atoms with Gasteiger partial charge in [-0.05, 0) is 12.1 Å². The number of para-hydroxylation sites is 1. The highest BCUT2D eigenvalue weighted by Crippen LogP contribution is 2.27. The molecule has 1 amide bonds. The molecule has 1 aromatic heterocycles. The van der Waals surface area contributed by atoms with Gasteiger partial charge in [-0.15, -0.1) is 0 Å². The van der Waals surface area contributed by atoms with Crippen LogP contribution >= 0.6 is 34.8 Å². The summed E-state index contributed by atoms with van der Waals surface area (Å²) in [5, 5.41) is 4.21. The molecule has 0 spiro atoms. The van der Waals surface area contributed by atoms with E-state index in [-0.39, 0.29) is 5.62 Å². The minimum Gasteiger partial charge on any atom is -0.369 e. The third-order valence-electron chi connectivity index (χ3n) is 2.96. The molecule has 104 valence electrons. The first kappa shape index (κ1) is 13.7. The van der Waals surface area contributed by atoms with Crippen LogP contribution in [0.3, 0.4) is 0 Å². The lowest BCUT2D eigenvalue weighted by Gasteiger charge is -2.09. The quantitative estimate of drug-likeness (QED) is 0.753. The molecule has 1 N–H and O–H groups in total. The highest BCUT2D eigenvalue weighted by molar-refractivity contribution is 6.76.